The third-order valence-corrected chi connectivity index (χ3v) is 2.47. The van der Waals surface area contributed by atoms with Gasteiger partial charge in [-0.25, -0.2) is 9.78 Å². The molecule has 0 fully saturated rings. The Balaban J connectivity index is 2.26. The van der Waals surface area contributed by atoms with Crippen LogP contribution in [0.25, 0.3) is 0 Å². The van der Waals surface area contributed by atoms with Crippen LogP contribution in [-0.2, 0) is 0 Å². The van der Waals surface area contributed by atoms with E-state index in [1.54, 1.807) is 24.5 Å². The van der Waals surface area contributed by atoms with E-state index in [2.05, 4.69) is 25.9 Å². The molecule has 2 aromatic heterocycles. The highest BCUT2D eigenvalue weighted by atomic mass is 79.9. The van der Waals surface area contributed by atoms with Crippen LogP contribution in [-0.4, -0.2) is 21.0 Å². The summed E-state index contributed by atoms with van der Waals surface area (Å²) in [4.78, 5) is 18.5. The Labute approximate surface area is 105 Å². The van der Waals surface area contributed by atoms with Crippen LogP contribution >= 0.6 is 15.9 Å². The monoisotopic (exact) mass is 294 g/mol. The molecule has 0 aliphatic rings. The Morgan fingerprint density at radius 2 is 2.24 bits per heavy atom. The van der Waals surface area contributed by atoms with E-state index in [1.165, 1.54) is 12.3 Å². The summed E-state index contributed by atoms with van der Waals surface area (Å²) in [5.74, 6) is -0.210. The van der Waals surface area contributed by atoms with Gasteiger partial charge in [-0.1, -0.05) is 0 Å². The number of halogens is 1. The van der Waals surface area contributed by atoms with Gasteiger partial charge in [0.1, 0.15) is 5.75 Å². The van der Waals surface area contributed by atoms with Gasteiger partial charge in [0.05, 0.1) is 16.2 Å². The maximum atomic E-state index is 10.7. The predicted octanol–water partition coefficient (Wildman–Crippen LogP) is 2.73. The van der Waals surface area contributed by atoms with Gasteiger partial charge in [0.25, 0.3) is 0 Å². The molecule has 0 amide bonds. The molecule has 0 saturated carbocycles. The SMILES string of the molecule is O=C(O)c1cnc(Oc2cccnc2)c(Br)c1. The highest BCUT2D eigenvalue weighted by Gasteiger charge is 2.09. The van der Waals surface area contributed by atoms with E-state index in [1.807, 2.05) is 0 Å². The molecule has 0 radical (unpaired) electrons. The lowest BCUT2D eigenvalue weighted by atomic mass is 10.3. The van der Waals surface area contributed by atoms with Crippen LogP contribution in [0.4, 0.5) is 0 Å². The fraction of sp³-hybridized carbons (Fsp3) is 0. The van der Waals surface area contributed by atoms with Crippen LogP contribution < -0.4 is 4.74 Å². The van der Waals surface area contributed by atoms with Crippen LogP contribution in [0.2, 0.25) is 0 Å². The lowest BCUT2D eigenvalue weighted by Gasteiger charge is -2.06. The van der Waals surface area contributed by atoms with Crippen molar-refractivity contribution in [3.05, 3.63) is 46.8 Å². The van der Waals surface area contributed by atoms with Crippen LogP contribution in [0.15, 0.2) is 41.3 Å². The van der Waals surface area contributed by atoms with Crippen LogP contribution in [0.5, 0.6) is 11.6 Å². The van der Waals surface area contributed by atoms with Crippen molar-refractivity contribution < 1.29 is 14.6 Å². The smallest absolute Gasteiger partial charge is 0.337 e. The molecule has 0 aliphatic carbocycles. The predicted molar refractivity (Wildman–Crippen MR) is 63.2 cm³/mol. The number of hydrogen-bond donors (Lipinski definition) is 1. The number of aromatic nitrogens is 2. The summed E-state index contributed by atoms with van der Waals surface area (Å²) in [5.41, 5.74) is 0.0930. The zero-order valence-electron chi connectivity index (χ0n) is 8.50. The van der Waals surface area contributed by atoms with Gasteiger partial charge in [0.15, 0.2) is 0 Å². The molecule has 2 rings (SSSR count). The summed E-state index contributed by atoms with van der Waals surface area (Å²) in [7, 11) is 0. The minimum atomic E-state index is -1.04. The van der Waals surface area contributed by atoms with Crippen molar-refractivity contribution in [1.29, 1.82) is 0 Å². The van der Waals surface area contributed by atoms with E-state index in [-0.39, 0.29) is 5.56 Å². The van der Waals surface area contributed by atoms with Crippen molar-refractivity contribution in [1.82, 2.24) is 9.97 Å². The van der Waals surface area contributed by atoms with Gasteiger partial charge in [0, 0.05) is 12.4 Å². The second-order valence-electron chi connectivity index (χ2n) is 3.11. The third kappa shape index (κ3) is 2.79. The molecule has 6 heteroatoms. The largest absolute Gasteiger partial charge is 0.478 e. The zero-order valence-corrected chi connectivity index (χ0v) is 10.1. The van der Waals surface area contributed by atoms with Crippen LogP contribution in [0, 0.1) is 0 Å². The van der Waals surface area contributed by atoms with Crippen molar-refractivity contribution in [3.63, 3.8) is 0 Å². The van der Waals surface area contributed by atoms with E-state index in [9.17, 15) is 4.79 Å². The van der Waals surface area contributed by atoms with Gasteiger partial charge in [-0.3, -0.25) is 4.98 Å². The van der Waals surface area contributed by atoms with Gasteiger partial charge in [-0.2, -0.15) is 0 Å². The van der Waals surface area contributed by atoms with Crippen molar-refractivity contribution >= 4 is 21.9 Å². The molecular formula is C11H7BrN2O3. The molecule has 2 heterocycles. The summed E-state index contributed by atoms with van der Waals surface area (Å²) in [5, 5.41) is 8.78. The Hall–Kier alpha value is -1.95. The van der Waals surface area contributed by atoms with Gasteiger partial charge in [0.2, 0.25) is 5.88 Å². The first-order valence-electron chi connectivity index (χ1n) is 4.63. The number of carboxylic acids is 1. The van der Waals surface area contributed by atoms with Gasteiger partial charge >= 0.3 is 5.97 Å². The summed E-state index contributed by atoms with van der Waals surface area (Å²) in [6.07, 6.45) is 4.40. The van der Waals surface area contributed by atoms with Crippen molar-refractivity contribution in [2.45, 2.75) is 0 Å². The summed E-state index contributed by atoms with van der Waals surface area (Å²) in [6.45, 7) is 0. The maximum absolute atomic E-state index is 10.7. The number of rotatable bonds is 3. The summed E-state index contributed by atoms with van der Waals surface area (Å²) < 4.78 is 5.90. The molecule has 0 aromatic carbocycles. The van der Waals surface area contributed by atoms with E-state index in [0.717, 1.165) is 0 Å². The van der Waals surface area contributed by atoms with E-state index in [0.29, 0.717) is 16.1 Å². The zero-order chi connectivity index (χ0) is 12.3. The molecule has 0 saturated heterocycles. The lowest BCUT2D eigenvalue weighted by Crippen LogP contribution is -1.98. The highest BCUT2D eigenvalue weighted by molar-refractivity contribution is 9.10. The Morgan fingerprint density at radius 3 is 2.82 bits per heavy atom. The molecule has 1 N–H and O–H groups in total. The third-order valence-electron chi connectivity index (χ3n) is 1.90. The highest BCUT2D eigenvalue weighted by Crippen LogP contribution is 2.27. The van der Waals surface area contributed by atoms with Gasteiger partial charge in [-0.15, -0.1) is 0 Å². The van der Waals surface area contributed by atoms with Gasteiger partial charge in [-0.05, 0) is 34.1 Å². The Morgan fingerprint density at radius 1 is 1.41 bits per heavy atom. The number of aromatic carboxylic acids is 1. The first-order valence-corrected chi connectivity index (χ1v) is 5.43. The molecule has 86 valence electrons. The Kier molecular flexibility index (Phi) is 3.34. The molecule has 17 heavy (non-hydrogen) atoms. The molecule has 2 aromatic rings. The number of carbonyl (C=O) groups is 1. The van der Waals surface area contributed by atoms with Crippen molar-refractivity contribution in [2.24, 2.45) is 0 Å². The van der Waals surface area contributed by atoms with Crippen molar-refractivity contribution in [2.75, 3.05) is 0 Å². The second kappa shape index (κ2) is 4.92. The number of nitrogens with zero attached hydrogens (tertiary/aromatic N) is 2. The molecule has 0 aliphatic heterocycles. The van der Waals surface area contributed by atoms with Gasteiger partial charge < -0.3 is 9.84 Å². The van der Waals surface area contributed by atoms with E-state index >= 15 is 0 Å². The average molecular weight is 295 g/mol. The standard InChI is InChI=1S/C11H7BrN2O3/c12-9-4-7(11(15)16)5-14-10(9)17-8-2-1-3-13-6-8/h1-6H,(H,15,16). The number of carboxylic acid groups (broad SMARTS) is 1. The molecular weight excluding hydrogens is 288 g/mol. The summed E-state index contributed by atoms with van der Waals surface area (Å²) in [6, 6.07) is 4.89. The fourth-order valence-corrected chi connectivity index (χ4v) is 1.57. The molecule has 0 bridgehead atoms. The quantitative estimate of drug-likeness (QED) is 0.942. The van der Waals surface area contributed by atoms with E-state index < -0.39 is 5.97 Å². The van der Waals surface area contributed by atoms with Crippen LogP contribution in [0.1, 0.15) is 10.4 Å². The topological polar surface area (TPSA) is 72.3 Å². The fourth-order valence-electron chi connectivity index (χ4n) is 1.14. The first kappa shape index (κ1) is 11.5. The molecule has 5 nitrogen and oxygen atoms in total. The number of hydrogen-bond acceptors (Lipinski definition) is 4. The minimum absolute atomic E-state index is 0.0930. The summed E-state index contributed by atoms with van der Waals surface area (Å²) >= 11 is 3.20. The lowest BCUT2D eigenvalue weighted by molar-refractivity contribution is 0.0696. The maximum Gasteiger partial charge on any atom is 0.337 e. The Bertz CT molecular complexity index is 546. The minimum Gasteiger partial charge on any atom is -0.478 e. The number of ether oxygens (including phenoxy) is 1. The van der Waals surface area contributed by atoms with E-state index in [4.69, 9.17) is 9.84 Å². The normalized spacial score (nSPS) is 9.94. The number of pyridine rings is 2. The first-order chi connectivity index (χ1) is 8.16. The van der Waals surface area contributed by atoms with Crippen molar-refractivity contribution in [3.8, 4) is 11.6 Å². The molecule has 0 atom stereocenters. The average Bonchev–Trinajstić information content (AvgIpc) is 2.33. The molecule has 0 unspecified atom stereocenters. The second-order valence-corrected chi connectivity index (χ2v) is 3.96. The van der Waals surface area contributed by atoms with Crippen LogP contribution in [0.3, 0.4) is 0 Å². The molecule has 0 spiro atoms.